The van der Waals surface area contributed by atoms with Gasteiger partial charge in [0, 0.05) is 32.4 Å². The van der Waals surface area contributed by atoms with Crippen LogP contribution in [-0.2, 0) is 11.0 Å². The molecule has 9 heteroatoms. The first-order valence-corrected chi connectivity index (χ1v) is 9.98. The second-order valence-corrected chi connectivity index (χ2v) is 8.48. The van der Waals surface area contributed by atoms with Crippen LogP contribution in [0.1, 0.15) is 48.2 Å². The predicted molar refractivity (Wildman–Crippen MR) is 96.7 cm³/mol. The fourth-order valence-corrected chi connectivity index (χ4v) is 4.58. The number of hydrogen-bond acceptors (Lipinski definition) is 4. The molecule has 1 saturated carbocycles. The van der Waals surface area contributed by atoms with Crippen molar-refractivity contribution >= 4 is 11.8 Å². The van der Waals surface area contributed by atoms with Gasteiger partial charge in [0.15, 0.2) is 5.69 Å². The number of β-amino-alcohol motifs (C(OH)–C–C–N with tert-alkyl or cyclic N) is 1. The third-order valence-corrected chi connectivity index (χ3v) is 6.29. The van der Waals surface area contributed by atoms with Crippen molar-refractivity contribution in [2.45, 2.75) is 44.4 Å². The Morgan fingerprint density at radius 1 is 1.28 bits per heavy atom. The number of carbonyl (C=O) groups excluding carboxylic acids is 2. The first kappa shape index (κ1) is 20.1. The molecule has 3 heterocycles. The third-order valence-electron chi connectivity index (χ3n) is 6.29. The highest BCUT2D eigenvalue weighted by Crippen LogP contribution is 2.43. The number of pyridine rings is 1. The Kier molecular flexibility index (Phi) is 5.04. The maximum Gasteiger partial charge on any atom is 0.434 e. The SMILES string of the molecule is O=C(c1cccnc1C(F)(F)F)N1CCC2(CC1)CC(O)CN(CC1CC1)C2=O. The quantitative estimate of drug-likeness (QED) is 0.829. The Bertz CT molecular complexity index is 800. The fraction of sp³-hybridized carbons (Fsp3) is 0.650. The lowest BCUT2D eigenvalue weighted by Gasteiger charge is -2.48. The molecule has 0 bridgehead atoms. The topological polar surface area (TPSA) is 73.7 Å². The normalized spacial score (nSPS) is 24.8. The van der Waals surface area contributed by atoms with Crippen LogP contribution in [0.25, 0.3) is 0 Å². The lowest BCUT2D eigenvalue weighted by atomic mass is 9.70. The van der Waals surface area contributed by atoms with Gasteiger partial charge in [0.1, 0.15) is 0 Å². The molecule has 4 rings (SSSR count). The van der Waals surface area contributed by atoms with E-state index in [-0.39, 0.29) is 19.0 Å². The molecule has 0 radical (unpaired) electrons. The van der Waals surface area contributed by atoms with Crippen LogP contribution in [0, 0.1) is 11.3 Å². The van der Waals surface area contributed by atoms with E-state index in [0.29, 0.717) is 38.3 Å². The van der Waals surface area contributed by atoms with E-state index in [9.17, 15) is 27.9 Å². The summed E-state index contributed by atoms with van der Waals surface area (Å²) in [6, 6.07) is 2.44. The van der Waals surface area contributed by atoms with Gasteiger partial charge in [0.2, 0.25) is 5.91 Å². The molecule has 1 atom stereocenters. The van der Waals surface area contributed by atoms with E-state index in [2.05, 4.69) is 4.98 Å². The largest absolute Gasteiger partial charge is 0.434 e. The molecule has 1 aliphatic carbocycles. The smallest absolute Gasteiger partial charge is 0.391 e. The molecular formula is C20H24F3N3O3. The van der Waals surface area contributed by atoms with Gasteiger partial charge in [0.25, 0.3) is 5.91 Å². The number of likely N-dealkylation sites (tertiary alicyclic amines) is 2. The van der Waals surface area contributed by atoms with E-state index in [1.54, 1.807) is 4.90 Å². The molecule has 1 unspecified atom stereocenters. The average molecular weight is 411 g/mol. The van der Waals surface area contributed by atoms with E-state index < -0.39 is 34.9 Å². The van der Waals surface area contributed by atoms with Crippen LogP contribution in [0.4, 0.5) is 13.2 Å². The number of aliphatic hydroxyl groups is 1. The molecular weight excluding hydrogens is 387 g/mol. The number of aromatic nitrogens is 1. The first-order chi connectivity index (χ1) is 13.7. The highest BCUT2D eigenvalue weighted by molar-refractivity contribution is 5.95. The van der Waals surface area contributed by atoms with Crippen molar-refractivity contribution in [3.05, 3.63) is 29.6 Å². The second-order valence-electron chi connectivity index (χ2n) is 8.48. The molecule has 0 aromatic carbocycles. The van der Waals surface area contributed by atoms with E-state index >= 15 is 0 Å². The monoisotopic (exact) mass is 411 g/mol. The third kappa shape index (κ3) is 3.97. The molecule has 1 spiro atoms. The number of piperidine rings is 2. The van der Waals surface area contributed by atoms with Gasteiger partial charge in [0.05, 0.1) is 17.1 Å². The summed E-state index contributed by atoms with van der Waals surface area (Å²) in [6.07, 6.45) is -1.07. The van der Waals surface area contributed by atoms with Crippen LogP contribution in [0.5, 0.6) is 0 Å². The molecule has 3 aliphatic rings. The van der Waals surface area contributed by atoms with E-state index in [1.807, 2.05) is 0 Å². The Morgan fingerprint density at radius 2 is 1.97 bits per heavy atom. The molecule has 1 N–H and O–H groups in total. The van der Waals surface area contributed by atoms with Gasteiger partial charge in [-0.05, 0) is 50.2 Å². The number of rotatable bonds is 3. The van der Waals surface area contributed by atoms with Crippen LogP contribution >= 0.6 is 0 Å². The number of aliphatic hydroxyl groups excluding tert-OH is 1. The summed E-state index contributed by atoms with van der Waals surface area (Å²) in [5.74, 6) is -0.201. The number of halogens is 3. The van der Waals surface area contributed by atoms with E-state index in [4.69, 9.17) is 0 Å². The van der Waals surface area contributed by atoms with Crippen LogP contribution in [0.3, 0.4) is 0 Å². The minimum atomic E-state index is -4.71. The minimum absolute atomic E-state index is 0.0131. The van der Waals surface area contributed by atoms with E-state index in [1.165, 1.54) is 11.0 Å². The molecule has 29 heavy (non-hydrogen) atoms. The van der Waals surface area contributed by atoms with Gasteiger partial charge in [-0.1, -0.05) is 0 Å². The highest BCUT2D eigenvalue weighted by Gasteiger charge is 2.50. The first-order valence-electron chi connectivity index (χ1n) is 9.98. The van der Waals surface area contributed by atoms with Gasteiger partial charge in [-0.3, -0.25) is 14.6 Å². The number of hydrogen-bond donors (Lipinski definition) is 1. The van der Waals surface area contributed by atoms with Gasteiger partial charge in [-0.25, -0.2) is 0 Å². The van der Waals surface area contributed by atoms with Crippen LogP contribution in [0.2, 0.25) is 0 Å². The Hall–Kier alpha value is -2.16. The van der Waals surface area contributed by atoms with Gasteiger partial charge in [-0.15, -0.1) is 0 Å². The zero-order valence-electron chi connectivity index (χ0n) is 16.0. The summed E-state index contributed by atoms with van der Waals surface area (Å²) in [4.78, 5) is 32.3. The summed E-state index contributed by atoms with van der Waals surface area (Å²) in [7, 11) is 0. The standard InChI is InChI=1S/C20H24F3N3O3/c21-20(22,23)16-15(2-1-7-24-16)17(28)25-8-5-19(6-9-25)10-14(27)12-26(18(19)29)11-13-3-4-13/h1-2,7,13-14,27H,3-6,8-12H2. The number of amides is 2. The number of carbonyl (C=O) groups is 2. The molecule has 1 aromatic heterocycles. The number of nitrogens with zero attached hydrogens (tertiary/aromatic N) is 3. The molecule has 6 nitrogen and oxygen atoms in total. The lowest BCUT2D eigenvalue weighted by molar-refractivity contribution is -0.156. The maximum atomic E-state index is 13.2. The van der Waals surface area contributed by atoms with Crippen molar-refractivity contribution in [2.75, 3.05) is 26.2 Å². The summed E-state index contributed by atoms with van der Waals surface area (Å²) < 4.78 is 39.6. The highest BCUT2D eigenvalue weighted by atomic mass is 19.4. The van der Waals surface area contributed by atoms with Crippen molar-refractivity contribution in [3.63, 3.8) is 0 Å². The minimum Gasteiger partial charge on any atom is -0.391 e. The summed E-state index contributed by atoms with van der Waals surface area (Å²) in [5.41, 5.74) is -2.39. The van der Waals surface area contributed by atoms with Crippen molar-refractivity contribution < 1.29 is 27.9 Å². The predicted octanol–water partition coefficient (Wildman–Crippen LogP) is 2.33. The fourth-order valence-electron chi connectivity index (χ4n) is 4.58. The number of alkyl halides is 3. The summed E-state index contributed by atoms with van der Waals surface area (Å²) >= 11 is 0. The molecule has 2 saturated heterocycles. The average Bonchev–Trinajstić information content (AvgIpc) is 3.49. The molecule has 2 aliphatic heterocycles. The maximum absolute atomic E-state index is 13.2. The van der Waals surface area contributed by atoms with Crippen molar-refractivity contribution in [2.24, 2.45) is 11.3 Å². The van der Waals surface area contributed by atoms with Crippen LogP contribution < -0.4 is 0 Å². The zero-order valence-corrected chi connectivity index (χ0v) is 16.0. The lowest BCUT2D eigenvalue weighted by Crippen LogP contribution is -2.58. The Morgan fingerprint density at radius 3 is 2.59 bits per heavy atom. The van der Waals surface area contributed by atoms with Gasteiger partial charge in [-0.2, -0.15) is 13.2 Å². The van der Waals surface area contributed by atoms with Crippen molar-refractivity contribution in [3.8, 4) is 0 Å². The summed E-state index contributed by atoms with van der Waals surface area (Å²) in [5, 5.41) is 10.3. The zero-order chi connectivity index (χ0) is 20.8. The van der Waals surface area contributed by atoms with Crippen molar-refractivity contribution in [1.29, 1.82) is 0 Å². The van der Waals surface area contributed by atoms with Gasteiger partial charge >= 0.3 is 6.18 Å². The molecule has 3 fully saturated rings. The molecule has 1 aromatic rings. The van der Waals surface area contributed by atoms with Crippen molar-refractivity contribution in [1.82, 2.24) is 14.8 Å². The molecule has 158 valence electrons. The Labute approximate surface area is 166 Å². The Balaban J connectivity index is 1.48. The van der Waals surface area contributed by atoms with Crippen LogP contribution in [-0.4, -0.2) is 64.0 Å². The van der Waals surface area contributed by atoms with Gasteiger partial charge < -0.3 is 14.9 Å². The second kappa shape index (κ2) is 7.27. The van der Waals surface area contributed by atoms with Crippen LogP contribution in [0.15, 0.2) is 18.3 Å². The van der Waals surface area contributed by atoms with E-state index in [0.717, 1.165) is 25.1 Å². The summed E-state index contributed by atoms with van der Waals surface area (Å²) in [6.45, 7) is 1.36. The molecule has 2 amide bonds.